The fraction of sp³-hybridized carbons (Fsp3) is 0.333. The molecule has 0 amide bonds. The van der Waals surface area contributed by atoms with Crippen LogP contribution in [0.25, 0.3) is 0 Å². The fourth-order valence-electron chi connectivity index (χ4n) is 3.10. The van der Waals surface area contributed by atoms with Gasteiger partial charge in [0.25, 0.3) is 10.0 Å². The molecule has 5 heteroatoms. The van der Waals surface area contributed by atoms with E-state index in [2.05, 4.69) is 4.72 Å². The lowest BCUT2D eigenvalue weighted by Gasteiger charge is -2.22. The molecule has 0 aliphatic heterocycles. The van der Waals surface area contributed by atoms with Crippen molar-refractivity contribution in [2.24, 2.45) is 0 Å². The highest BCUT2D eigenvalue weighted by atomic mass is 32.2. The Bertz CT molecular complexity index is 746. The maximum Gasteiger partial charge on any atom is 0.261 e. The van der Waals surface area contributed by atoms with Gasteiger partial charge in [0.2, 0.25) is 0 Å². The highest BCUT2D eigenvalue weighted by Crippen LogP contribution is 2.33. The van der Waals surface area contributed by atoms with Crippen molar-refractivity contribution in [2.75, 3.05) is 4.72 Å². The Balaban J connectivity index is 1.75. The number of benzene rings is 2. The fourth-order valence-corrected chi connectivity index (χ4v) is 4.16. The molecule has 1 aliphatic rings. The SMILES string of the molecule is O=S(=O)(Nc1ccc(O)cc1)c1ccc(C2CCCCC2)cc1. The van der Waals surface area contributed by atoms with E-state index in [9.17, 15) is 13.5 Å². The lowest BCUT2D eigenvalue weighted by atomic mass is 9.84. The molecule has 23 heavy (non-hydrogen) atoms. The Kier molecular flexibility index (Phi) is 4.57. The number of aromatic hydroxyl groups is 1. The van der Waals surface area contributed by atoms with Gasteiger partial charge >= 0.3 is 0 Å². The predicted molar refractivity (Wildman–Crippen MR) is 91.2 cm³/mol. The first kappa shape index (κ1) is 15.9. The molecule has 1 saturated carbocycles. The first-order valence-corrected chi connectivity index (χ1v) is 9.45. The summed E-state index contributed by atoms with van der Waals surface area (Å²) in [5.74, 6) is 0.662. The predicted octanol–water partition coefficient (Wildman–Crippen LogP) is 4.24. The second-order valence-electron chi connectivity index (χ2n) is 6.06. The van der Waals surface area contributed by atoms with Crippen LogP contribution in [0.5, 0.6) is 5.75 Å². The zero-order valence-electron chi connectivity index (χ0n) is 12.9. The minimum Gasteiger partial charge on any atom is -0.508 e. The molecule has 1 fully saturated rings. The lowest BCUT2D eigenvalue weighted by molar-refractivity contribution is 0.443. The Morgan fingerprint density at radius 3 is 2.09 bits per heavy atom. The van der Waals surface area contributed by atoms with Gasteiger partial charge in [0.15, 0.2) is 0 Å². The van der Waals surface area contributed by atoms with Gasteiger partial charge in [-0.25, -0.2) is 8.42 Å². The number of rotatable bonds is 4. The number of hydrogen-bond acceptors (Lipinski definition) is 3. The largest absolute Gasteiger partial charge is 0.508 e. The van der Waals surface area contributed by atoms with Crippen molar-refractivity contribution in [1.29, 1.82) is 0 Å². The molecule has 0 heterocycles. The maximum atomic E-state index is 12.4. The van der Waals surface area contributed by atoms with Gasteiger partial charge in [-0.1, -0.05) is 31.4 Å². The van der Waals surface area contributed by atoms with Crippen LogP contribution >= 0.6 is 0 Å². The van der Waals surface area contributed by atoms with E-state index in [0.29, 0.717) is 11.6 Å². The van der Waals surface area contributed by atoms with Crippen LogP contribution in [0.3, 0.4) is 0 Å². The Morgan fingerprint density at radius 2 is 1.48 bits per heavy atom. The Labute approximate surface area is 137 Å². The summed E-state index contributed by atoms with van der Waals surface area (Å²) < 4.78 is 27.3. The zero-order chi connectivity index (χ0) is 16.3. The summed E-state index contributed by atoms with van der Waals surface area (Å²) in [5, 5.41) is 9.25. The number of nitrogens with one attached hydrogen (secondary N) is 1. The van der Waals surface area contributed by atoms with Gasteiger partial charge in [0, 0.05) is 5.69 Å². The molecule has 0 spiro atoms. The minimum absolute atomic E-state index is 0.102. The molecule has 1 aliphatic carbocycles. The molecule has 122 valence electrons. The average Bonchev–Trinajstić information content (AvgIpc) is 2.58. The highest BCUT2D eigenvalue weighted by molar-refractivity contribution is 7.92. The summed E-state index contributed by atoms with van der Waals surface area (Å²) in [5.41, 5.74) is 1.66. The molecule has 0 saturated heterocycles. The van der Waals surface area contributed by atoms with Crippen LogP contribution in [-0.2, 0) is 10.0 Å². The van der Waals surface area contributed by atoms with E-state index < -0.39 is 10.0 Å². The molecule has 0 atom stereocenters. The van der Waals surface area contributed by atoms with E-state index in [4.69, 9.17) is 0 Å². The van der Waals surface area contributed by atoms with Crippen LogP contribution in [0, 0.1) is 0 Å². The quantitative estimate of drug-likeness (QED) is 0.824. The van der Waals surface area contributed by atoms with E-state index in [1.165, 1.54) is 61.9 Å². The second kappa shape index (κ2) is 6.62. The molecule has 0 aromatic heterocycles. The topological polar surface area (TPSA) is 66.4 Å². The summed E-state index contributed by atoms with van der Waals surface area (Å²) in [6.45, 7) is 0. The van der Waals surface area contributed by atoms with Gasteiger partial charge in [-0.2, -0.15) is 0 Å². The van der Waals surface area contributed by atoms with Crippen molar-refractivity contribution in [1.82, 2.24) is 0 Å². The smallest absolute Gasteiger partial charge is 0.261 e. The first-order chi connectivity index (χ1) is 11.0. The second-order valence-corrected chi connectivity index (χ2v) is 7.74. The van der Waals surface area contributed by atoms with Gasteiger partial charge in [0.05, 0.1) is 4.90 Å². The van der Waals surface area contributed by atoms with Gasteiger partial charge in [-0.15, -0.1) is 0 Å². The average molecular weight is 331 g/mol. The molecule has 0 bridgehead atoms. The van der Waals surface area contributed by atoms with Crippen molar-refractivity contribution in [3.8, 4) is 5.75 Å². The van der Waals surface area contributed by atoms with Crippen LogP contribution in [-0.4, -0.2) is 13.5 Å². The van der Waals surface area contributed by atoms with E-state index in [-0.39, 0.29) is 10.6 Å². The number of hydrogen-bond donors (Lipinski definition) is 2. The third kappa shape index (κ3) is 3.85. The van der Waals surface area contributed by atoms with Crippen molar-refractivity contribution in [3.63, 3.8) is 0 Å². The molecule has 4 nitrogen and oxygen atoms in total. The van der Waals surface area contributed by atoms with Gasteiger partial charge in [-0.05, 0) is 60.7 Å². The molecule has 0 radical (unpaired) electrons. The van der Waals surface area contributed by atoms with Crippen LogP contribution in [0.15, 0.2) is 53.4 Å². The van der Waals surface area contributed by atoms with E-state index in [1.54, 1.807) is 12.1 Å². The standard InChI is InChI=1S/C18H21NO3S/c20-17-10-8-16(9-11-17)19-23(21,22)18-12-6-15(7-13-18)14-4-2-1-3-5-14/h6-14,19-20H,1-5H2. The molecule has 3 rings (SSSR count). The number of phenolic OH excluding ortho intramolecular Hbond substituents is 1. The minimum atomic E-state index is -3.61. The molecular weight excluding hydrogens is 310 g/mol. The normalized spacial score (nSPS) is 16.2. The summed E-state index contributed by atoms with van der Waals surface area (Å²) in [7, 11) is -3.61. The summed E-state index contributed by atoms with van der Waals surface area (Å²) in [4.78, 5) is 0.255. The van der Waals surface area contributed by atoms with Crippen molar-refractivity contribution in [2.45, 2.75) is 42.9 Å². The van der Waals surface area contributed by atoms with Crippen molar-refractivity contribution >= 4 is 15.7 Å². The summed E-state index contributed by atoms with van der Waals surface area (Å²) >= 11 is 0. The highest BCUT2D eigenvalue weighted by Gasteiger charge is 2.18. The molecule has 0 unspecified atom stereocenters. The van der Waals surface area contributed by atoms with E-state index in [1.807, 2.05) is 12.1 Å². The van der Waals surface area contributed by atoms with Gasteiger partial charge < -0.3 is 5.11 Å². The van der Waals surface area contributed by atoms with E-state index >= 15 is 0 Å². The number of anilines is 1. The van der Waals surface area contributed by atoms with Crippen molar-refractivity contribution in [3.05, 3.63) is 54.1 Å². The molecule has 2 aromatic rings. The third-order valence-corrected chi connectivity index (χ3v) is 5.78. The number of sulfonamides is 1. The van der Waals surface area contributed by atoms with Crippen LogP contribution < -0.4 is 4.72 Å². The third-order valence-electron chi connectivity index (χ3n) is 4.39. The lowest BCUT2D eigenvalue weighted by Crippen LogP contribution is -2.13. The monoisotopic (exact) mass is 331 g/mol. The van der Waals surface area contributed by atoms with E-state index in [0.717, 1.165) is 0 Å². The van der Waals surface area contributed by atoms with Gasteiger partial charge in [-0.3, -0.25) is 4.72 Å². The maximum absolute atomic E-state index is 12.4. The Morgan fingerprint density at radius 1 is 0.870 bits per heavy atom. The summed E-state index contributed by atoms with van der Waals surface area (Å²) in [6.07, 6.45) is 6.20. The number of phenols is 1. The zero-order valence-corrected chi connectivity index (χ0v) is 13.7. The van der Waals surface area contributed by atoms with Crippen molar-refractivity contribution < 1.29 is 13.5 Å². The van der Waals surface area contributed by atoms with Gasteiger partial charge in [0.1, 0.15) is 5.75 Å². The van der Waals surface area contributed by atoms with Crippen LogP contribution in [0.2, 0.25) is 0 Å². The van der Waals surface area contributed by atoms with Crippen LogP contribution in [0.4, 0.5) is 5.69 Å². The summed E-state index contributed by atoms with van der Waals surface area (Å²) in [6, 6.07) is 13.2. The Hall–Kier alpha value is -2.01. The molecular formula is C18H21NO3S. The van der Waals surface area contributed by atoms with Crippen LogP contribution in [0.1, 0.15) is 43.6 Å². The molecule has 2 N–H and O–H groups in total. The molecule has 2 aromatic carbocycles. The first-order valence-electron chi connectivity index (χ1n) is 7.96.